The van der Waals surface area contributed by atoms with Crippen LogP contribution in [-0.4, -0.2) is 44.0 Å². The SMILES string of the molecule is O=C(O)c1cc(C(=O)O)c(C(=O)N(Cc2cccc(OCc3ccccc3)c2)[C@H]2CCCc3ccccc32)cc1C(=O)O. The molecule has 0 radical (unpaired) electrons. The lowest BCUT2D eigenvalue weighted by Gasteiger charge is -2.36. The van der Waals surface area contributed by atoms with Gasteiger partial charge in [0, 0.05) is 6.54 Å². The molecule has 0 fully saturated rings. The maximum Gasteiger partial charge on any atom is 0.336 e. The van der Waals surface area contributed by atoms with Crippen molar-refractivity contribution in [1.29, 1.82) is 0 Å². The molecule has 0 saturated carbocycles. The number of aromatic carboxylic acids is 3. The van der Waals surface area contributed by atoms with Gasteiger partial charge in [-0.05, 0) is 65.8 Å². The van der Waals surface area contributed by atoms with Crippen LogP contribution in [0.3, 0.4) is 0 Å². The fourth-order valence-corrected chi connectivity index (χ4v) is 5.51. The van der Waals surface area contributed by atoms with E-state index in [1.54, 1.807) is 17.0 Å². The summed E-state index contributed by atoms with van der Waals surface area (Å²) in [6.45, 7) is 0.418. The van der Waals surface area contributed by atoms with Gasteiger partial charge in [0.15, 0.2) is 0 Å². The summed E-state index contributed by atoms with van der Waals surface area (Å²) in [5, 5.41) is 29.2. The van der Waals surface area contributed by atoms with Crippen LogP contribution in [0.4, 0.5) is 0 Å². The zero-order valence-electron chi connectivity index (χ0n) is 23.1. The number of aryl methyl sites for hydroxylation is 1. The zero-order valence-corrected chi connectivity index (χ0v) is 23.1. The Labute approximate surface area is 247 Å². The van der Waals surface area contributed by atoms with Crippen molar-refractivity contribution in [3.05, 3.63) is 136 Å². The maximum absolute atomic E-state index is 14.3. The highest BCUT2D eigenvalue weighted by Crippen LogP contribution is 2.37. The zero-order chi connectivity index (χ0) is 30.5. The first-order valence-corrected chi connectivity index (χ1v) is 13.7. The Balaban J connectivity index is 1.56. The van der Waals surface area contributed by atoms with Crippen LogP contribution in [0.2, 0.25) is 0 Å². The van der Waals surface area contributed by atoms with Gasteiger partial charge in [-0.2, -0.15) is 0 Å². The van der Waals surface area contributed by atoms with Gasteiger partial charge in [0.1, 0.15) is 12.4 Å². The third-order valence-corrected chi connectivity index (χ3v) is 7.55. The van der Waals surface area contributed by atoms with Crippen molar-refractivity contribution in [2.45, 2.75) is 38.5 Å². The van der Waals surface area contributed by atoms with Crippen LogP contribution in [0.25, 0.3) is 0 Å². The van der Waals surface area contributed by atoms with Crippen LogP contribution in [0.15, 0.2) is 91.0 Å². The Kier molecular flexibility index (Phi) is 8.52. The lowest BCUT2D eigenvalue weighted by molar-refractivity contribution is 0.0610. The van der Waals surface area contributed by atoms with E-state index < -0.39 is 52.1 Å². The molecule has 4 aromatic carbocycles. The lowest BCUT2D eigenvalue weighted by Crippen LogP contribution is -2.37. The predicted octanol–water partition coefficient (Wildman–Crippen LogP) is 6.08. The van der Waals surface area contributed by atoms with Gasteiger partial charge in [-0.1, -0.05) is 66.7 Å². The minimum Gasteiger partial charge on any atom is -0.489 e. The van der Waals surface area contributed by atoms with Gasteiger partial charge in [-0.3, -0.25) is 4.79 Å². The molecule has 5 rings (SSSR count). The first kappa shape index (κ1) is 29.1. The van der Waals surface area contributed by atoms with Gasteiger partial charge >= 0.3 is 17.9 Å². The molecule has 0 bridgehead atoms. The van der Waals surface area contributed by atoms with Crippen molar-refractivity contribution in [2.24, 2.45) is 0 Å². The van der Waals surface area contributed by atoms with Crippen molar-refractivity contribution in [3.8, 4) is 5.75 Å². The second kappa shape index (κ2) is 12.6. The number of rotatable bonds is 10. The van der Waals surface area contributed by atoms with Crippen molar-refractivity contribution in [3.63, 3.8) is 0 Å². The second-order valence-corrected chi connectivity index (χ2v) is 10.3. The highest BCUT2D eigenvalue weighted by Gasteiger charge is 2.33. The molecule has 4 aromatic rings. The number of benzene rings is 4. The number of fused-ring (bicyclic) bond motifs is 1. The van der Waals surface area contributed by atoms with Crippen LogP contribution in [-0.2, 0) is 19.6 Å². The molecular formula is C34H29NO8. The molecule has 1 aliphatic carbocycles. The minimum atomic E-state index is -1.61. The van der Waals surface area contributed by atoms with E-state index >= 15 is 0 Å². The topological polar surface area (TPSA) is 141 Å². The molecular weight excluding hydrogens is 550 g/mol. The number of hydrogen-bond acceptors (Lipinski definition) is 5. The van der Waals surface area contributed by atoms with E-state index in [2.05, 4.69) is 0 Å². The summed E-state index contributed by atoms with van der Waals surface area (Å²) in [5.41, 5.74) is 1.36. The van der Waals surface area contributed by atoms with Gasteiger partial charge in [0.05, 0.1) is 28.3 Å². The van der Waals surface area contributed by atoms with Crippen molar-refractivity contribution in [2.75, 3.05) is 0 Å². The molecule has 1 aliphatic rings. The average Bonchev–Trinajstić information content (AvgIpc) is 3.02. The first-order valence-electron chi connectivity index (χ1n) is 13.7. The van der Waals surface area contributed by atoms with E-state index in [1.807, 2.05) is 66.7 Å². The number of nitrogens with zero attached hydrogens (tertiary/aromatic N) is 1. The van der Waals surface area contributed by atoms with Crippen LogP contribution >= 0.6 is 0 Å². The molecule has 1 amide bonds. The number of carboxylic acids is 3. The summed E-state index contributed by atoms with van der Waals surface area (Å²) in [6, 6.07) is 25.8. The molecule has 9 heteroatoms. The van der Waals surface area contributed by atoms with Crippen LogP contribution in [0.5, 0.6) is 5.75 Å². The normalized spacial score (nSPS) is 13.9. The third-order valence-electron chi connectivity index (χ3n) is 7.55. The molecule has 9 nitrogen and oxygen atoms in total. The minimum absolute atomic E-state index is 0.0719. The average molecular weight is 580 g/mol. The van der Waals surface area contributed by atoms with Crippen molar-refractivity contribution < 1.29 is 39.2 Å². The number of carboxylic acid groups (broad SMARTS) is 3. The Morgan fingerprint density at radius 2 is 1.30 bits per heavy atom. The summed E-state index contributed by atoms with van der Waals surface area (Å²) >= 11 is 0. The van der Waals surface area contributed by atoms with Crippen LogP contribution < -0.4 is 4.74 Å². The van der Waals surface area contributed by atoms with Gasteiger partial charge in [-0.25, -0.2) is 14.4 Å². The van der Waals surface area contributed by atoms with E-state index in [0.29, 0.717) is 18.8 Å². The predicted molar refractivity (Wildman–Crippen MR) is 157 cm³/mol. The van der Waals surface area contributed by atoms with Crippen LogP contribution in [0.1, 0.15) is 82.6 Å². The molecule has 43 heavy (non-hydrogen) atoms. The van der Waals surface area contributed by atoms with E-state index in [9.17, 15) is 34.5 Å². The summed E-state index contributed by atoms with van der Waals surface area (Å²) in [5.74, 6) is -4.86. The Morgan fingerprint density at radius 1 is 0.698 bits per heavy atom. The lowest BCUT2D eigenvalue weighted by atomic mass is 9.86. The Hall–Kier alpha value is -5.44. The highest BCUT2D eigenvalue weighted by molar-refractivity contribution is 6.10. The van der Waals surface area contributed by atoms with E-state index in [0.717, 1.165) is 47.2 Å². The van der Waals surface area contributed by atoms with Crippen molar-refractivity contribution in [1.82, 2.24) is 4.90 Å². The summed E-state index contributed by atoms with van der Waals surface area (Å²) in [6.07, 6.45) is 2.22. The van der Waals surface area contributed by atoms with E-state index in [1.165, 1.54) is 0 Å². The maximum atomic E-state index is 14.3. The number of ether oxygens (including phenoxy) is 1. The molecule has 0 spiro atoms. The fourth-order valence-electron chi connectivity index (χ4n) is 5.51. The number of amides is 1. The molecule has 1 atom stereocenters. The quantitative estimate of drug-likeness (QED) is 0.205. The van der Waals surface area contributed by atoms with Crippen LogP contribution in [0, 0.1) is 0 Å². The summed E-state index contributed by atoms with van der Waals surface area (Å²) < 4.78 is 5.99. The number of carbonyl (C=O) groups excluding carboxylic acids is 1. The van der Waals surface area contributed by atoms with E-state index in [-0.39, 0.29) is 6.54 Å². The largest absolute Gasteiger partial charge is 0.489 e. The van der Waals surface area contributed by atoms with Gasteiger partial charge in [0.2, 0.25) is 0 Å². The third kappa shape index (κ3) is 6.41. The number of hydrogen-bond donors (Lipinski definition) is 3. The molecule has 0 heterocycles. The first-order chi connectivity index (χ1) is 20.7. The fraction of sp³-hybridized carbons (Fsp3) is 0.176. The molecule has 0 aliphatic heterocycles. The summed E-state index contributed by atoms with van der Waals surface area (Å²) in [4.78, 5) is 51.8. The Morgan fingerprint density at radius 3 is 2.00 bits per heavy atom. The standard InChI is InChI=1S/C34H29NO8/c36-31(26-17-28(33(39)40)29(34(41)42)18-27(26)32(37)38)35(30-15-7-12-23-11-4-5-14-25(23)30)19-22-10-6-13-24(16-22)43-20-21-8-2-1-3-9-21/h1-6,8-11,13-14,16-18,30H,7,12,15,19-20H2,(H,37,38)(H,39,40)(H,41,42)/t30-/m0/s1. The molecule has 0 unspecified atom stereocenters. The van der Waals surface area contributed by atoms with Gasteiger partial charge in [-0.15, -0.1) is 0 Å². The monoisotopic (exact) mass is 579 g/mol. The van der Waals surface area contributed by atoms with Gasteiger partial charge in [0.25, 0.3) is 5.91 Å². The Bertz CT molecular complexity index is 1700. The van der Waals surface area contributed by atoms with Crippen molar-refractivity contribution >= 4 is 23.8 Å². The molecule has 0 saturated heterocycles. The molecule has 218 valence electrons. The summed E-state index contributed by atoms with van der Waals surface area (Å²) in [7, 11) is 0. The second-order valence-electron chi connectivity index (χ2n) is 10.3. The molecule has 0 aromatic heterocycles. The highest BCUT2D eigenvalue weighted by atomic mass is 16.5. The smallest absolute Gasteiger partial charge is 0.336 e. The van der Waals surface area contributed by atoms with Gasteiger partial charge < -0.3 is 25.0 Å². The molecule has 3 N–H and O–H groups in total. The number of carbonyl (C=O) groups is 4. The van der Waals surface area contributed by atoms with E-state index in [4.69, 9.17) is 4.74 Å².